The maximum Gasteiger partial charge on any atom is 0.197 e. The van der Waals surface area contributed by atoms with Crippen LogP contribution in [0.1, 0.15) is 35.8 Å². The summed E-state index contributed by atoms with van der Waals surface area (Å²) in [7, 11) is 1.67. The molecule has 0 radical (unpaired) electrons. The molecular formula is C22H21FN6O. The van der Waals surface area contributed by atoms with Gasteiger partial charge in [-0.25, -0.2) is 24.3 Å². The highest BCUT2D eigenvalue weighted by molar-refractivity contribution is 5.80. The number of aryl methyl sites for hydroxylation is 1. The topological polar surface area (TPSA) is 78.6 Å². The number of hydrogen-bond acceptors (Lipinski definition) is 6. The molecule has 152 valence electrons. The van der Waals surface area contributed by atoms with Crippen molar-refractivity contribution in [1.29, 1.82) is 0 Å². The van der Waals surface area contributed by atoms with Crippen LogP contribution in [0.4, 0.5) is 4.39 Å². The van der Waals surface area contributed by atoms with Crippen molar-refractivity contribution in [3.8, 4) is 11.6 Å². The van der Waals surface area contributed by atoms with Gasteiger partial charge in [0, 0.05) is 51.2 Å². The van der Waals surface area contributed by atoms with E-state index in [1.54, 1.807) is 42.5 Å². The molecule has 0 spiro atoms. The molecule has 0 unspecified atom stereocenters. The van der Waals surface area contributed by atoms with Crippen molar-refractivity contribution in [3.63, 3.8) is 0 Å². The number of aromatic nitrogens is 6. The molecule has 0 aliphatic heterocycles. The van der Waals surface area contributed by atoms with Crippen molar-refractivity contribution in [1.82, 2.24) is 29.7 Å². The standard InChI is InChI=1S/C22H21FN6O/c1-30-7-3-6-29-13-18-19(23)8-14(9-20(18)28-29)16-10-17(16)15-11-26-22(27-12-15)21-24-4-2-5-25-21/h2,4-5,8-9,11-13,16-17H,3,6-7,10H2,1H3/t16-,17+/m0/s1. The molecule has 4 aromatic rings. The van der Waals surface area contributed by atoms with Crippen LogP contribution in [-0.2, 0) is 11.3 Å². The maximum absolute atomic E-state index is 14.7. The fraction of sp³-hybridized carbons (Fsp3) is 0.318. The van der Waals surface area contributed by atoms with Crippen molar-refractivity contribution >= 4 is 10.9 Å². The van der Waals surface area contributed by atoms with E-state index in [0.717, 1.165) is 24.0 Å². The van der Waals surface area contributed by atoms with Crippen LogP contribution in [0.15, 0.2) is 49.2 Å². The lowest BCUT2D eigenvalue weighted by Gasteiger charge is -2.03. The van der Waals surface area contributed by atoms with Crippen molar-refractivity contribution in [3.05, 3.63) is 66.1 Å². The molecule has 0 saturated heterocycles. The predicted molar refractivity (Wildman–Crippen MR) is 109 cm³/mol. The van der Waals surface area contributed by atoms with Crippen molar-refractivity contribution in [2.75, 3.05) is 13.7 Å². The SMILES string of the molecule is COCCCn1cc2c(F)cc([C@@H]3C[C@@H]3c3cnc(-c4ncccn4)nc3)cc2n1. The molecular weight excluding hydrogens is 383 g/mol. The number of methoxy groups -OCH3 is 1. The Bertz CT molecular complexity index is 1160. The van der Waals surface area contributed by atoms with E-state index >= 15 is 0 Å². The van der Waals surface area contributed by atoms with E-state index < -0.39 is 0 Å². The Labute approximate surface area is 173 Å². The molecule has 0 bridgehead atoms. The van der Waals surface area contributed by atoms with Crippen LogP contribution in [0, 0.1) is 5.82 Å². The van der Waals surface area contributed by atoms with Crippen LogP contribution in [0.25, 0.3) is 22.6 Å². The van der Waals surface area contributed by atoms with E-state index in [0.29, 0.717) is 35.7 Å². The number of rotatable bonds is 7. The van der Waals surface area contributed by atoms with E-state index in [1.165, 1.54) is 0 Å². The first-order valence-corrected chi connectivity index (χ1v) is 9.98. The van der Waals surface area contributed by atoms with Crippen LogP contribution in [0.2, 0.25) is 0 Å². The van der Waals surface area contributed by atoms with Gasteiger partial charge in [0.25, 0.3) is 0 Å². The second-order valence-electron chi connectivity index (χ2n) is 7.54. The van der Waals surface area contributed by atoms with Gasteiger partial charge >= 0.3 is 0 Å². The fourth-order valence-corrected chi connectivity index (χ4v) is 3.84. The quantitative estimate of drug-likeness (QED) is 0.437. The van der Waals surface area contributed by atoms with Crippen LogP contribution in [0.3, 0.4) is 0 Å². The predicted octanol–water partition coefficient (Wildman–Crippen LogP) is 3.73. The van der Waals surface area contributed by atoms with Crippen LogP contribution < -0.4 is 0 Å². The van der Waals surface area contributed by atoms with E-state index in [-0.39, 0.29) is 17.7 Å². The summed E-state index contributed by atoms with van der Waals surface area (Å²) in [5.41, 5.74) is 2.72. The van der Waals surface area contributed by atoms with Gasteiger partial charge in [0.15, 0.2) is 11.6 Å². The first kappa shape index (κ1) is 18.7. The average Bonchev–Trinajstić information content (AvgIpc) is 3.47. The molecule has 2 atom stereocenters. The summed E-state index contributed by atoms with van der Waals surface area (Å²) in [5, 5.41) is 5.10. The summed E-state index contributed by atoms with van der Waals surface area (Å²) in [6, 6.07) is 5.40. The van der Waals surface area contributed by atoms with Gasteiger partial charge in [-0.2, -0.15) is 5.10 Å². The van der Waals surface area contributed by atoms with Gasteiger partial charge < -0.3 is 4.74 Å². The van der Waals surface area contributed by atoms with E-state index in [2.05, 4.69) is 25.0 Å². The Morgan fingerprint density at radius 1 is 1.03 bits per heavy atom. The third-order valence-corrected chi connectivity index (χ3v) is 5.46. The smallest absolute Gasteiger partial charge is 0.197 e. The zero-order valence-corrected chi connectivity index (χ0v) is 16.6. The fourth-order valence-electron chi connectivity index (χ4n) is 3.84. The molecule has 1 saturated carbocycles. The molecule has 1 aromatic carbocycles. The highest BCUT2D eigenvalue weighted by atomic mass is 19.1. The van der Waals surface area contributed by atoms with Gasteiger partial charge in [-0.05, 0) is 54.0 Å². The van der Waals surface area contributed by atoms with E-state index in [4.69, 9.17) is 4.74 Å². The summed E-state index contributed by atoms with van der Waals surface area (Å²) in [6.45, 7) is 1.36. The maximum atomic E-state index is 14.7. The number of fused-ring (bicyclic) bond motifs is 1. The summed E-state index contributed by atoms with van der Waals surface area (Å²) < 4.78 is 21.6. The largest absolute Gasteiger partial charge is 0.385 e. The Morgan fingerprint density at radius 2 is 1.77 bits per heavy atom. The Hall–Kier alpha value is -3.26. The van der Waals surface area contributed by atoms with Crippen molar-refractivity contribution < 1.29 is 9.13 Å². The zero-order chi connectivity index (χ0) is 20.5. The molecule has 3 aromatic heterocycles. The molecule has 1 fully saturated rings. The molecule has 0 N–H and O–H groups in total. The Morgan fingerprint density at radius 3 is 2.53 bits per heavy atom. The lowest BCUT2D eigenvalue weighted by molar-refractivity contribution is 0.189. The molecule has 1 aliphatic rings. The summed E-state index contributed by atoms with van der Waals surface area (Å²) in [5.74, 6) is 1.33. The van der Waals surface area contributed by atoms with Gasteiger partial charge in [-0.3, -0.25) is 4.68 Å². The second kappa shape index (κ2) is 7.87. The number of hydrogen-bond donors (Lipinski definition) is 0. The minimum atomic E-state index is -0.223. The van der Waals surface area contributed by atoms with Crippen LogP contribution >= 0.6 is 0 Å². The van der Waals surface area contributed by atoms with Gasteiger partial charge in [-0.1, -0.05) is 0 Å². The van der Waals surface area contributed by atoms with Gasteiger partial charge in [0.1, 0.15) is 5.82 Å². The zero-order valence-electron chi connectivity index (χ0n) is 16.6. The van der Waals surface area contributed by atoms with Crippen LogP contribution in [-0.4, -0.2) is 43.4 Å². The minimum absolute atomic E-state index is 0.223. The normalized spacial score (nSPS) is 18.1. The Kier molecular flexibility index (Phi) is 4.92. The summed E-state index contributed by atoms with van der Waals surface area (Å²) in [6.07, 6.45) is 10.5. The van der Waals surface area contributed by atoms with Crippen molar-refractivity contribution in [2.24, 2.45) is 0 Å². The number of nitrogens with zero attached hydrogens (tertiary/aromatic N) is 6. The summed E-state index contributed by atoms with van der Waals surface area (Å²) in [4.78, 5) is 17.2. The summed E-state index contributed by atoms with van der Waals surface area (Å²) >= 11 is 0. The van der Waals surface area contributed by atoms with E-state index in [9.17, 15) is 4.39 Å². The average molecular weight is 404 g/mol. The number of benzene rings is 1. The highest BCUT2D eigenvalue weighted by Crippen LogP contribution is 2.54. The first-order chi connectivity index (χ1) is 14.7. The first-order valence-electron chi connectivity index (χ1n) is 9.98. The van der Waals surface area contributed by atoms with Crippen LogP contribution in [0.5, 0.6) is 0 Å². The monoisotopic (exact) mass is 404 g/mol. The molecule has 3 heterocycles. The molecule has 7 nitrogen and oxygen atoms in total. The molecule has 8 heteroatoms. The van der Waals surface area contributed by atoms with Crippen molar-refractivity contribution in [2.45, 2.75) is 31.2 Å². The van der Waals surface area contributed by atoms with Gasteiger partial charge in [0.2, 0.25) is 0 Å². The lowest BCUT2D eigenvalue weighted by Crippen LogP contribution is -2.01. The Balaban J connectivity index is 1.33. The second-order valence-corrected chi connectivity index (χ2v) is 7.54. The lowest BCUT2D eigenvalue weighted by atomic mass is 10.0. The number of halogens is 1. The molecule has 0 amide bonds. The highest BCUT2D eigenvalue weighted by Gasteiger charge is 2.40. The van der Waals surface area contributed by atoms with Gasteiger partial charge in [-0.15, -0.1) is 0 Å². The third kappa shape index (κ3) is 3.66. The van der Waals surface area contributed by atoms with E-state index in [1.807, 2.05) is 18.5 Å². The molecule has 5 rings (SSSR count). The van der Waals surface area contributed by atoms with Gasteiger partial charge in [0.05, 0.1) is 10.9 Å². The third-order valence-electron chi connectivity index (χ3n) is 5.46. The minimum Gasteiger partial charge on any atom is -0.385 e. The molecule has 1 aliphatic carbocycles. The number of ether oxygens (including phenoxy) is 1. The molecule has 30 heavy (non-hydrogen) atoms.